The van der Waals surface area contributed by atoms with Crippen molar-refractivity contribution in [3.8, 4) is 0 Å². The van der Waals surface area contributed by atoms with Crippen LogP contribution < -0.4 is 11.1 Å². The molecule has 4 heteroatoms. The van der Waals surface area contributed by atoms with Crippen LogP contribution in [0, 0.1) is 19.8 Å². The highest BCUT2D eigenvalue weighted by molar-refractivity contribution is 14.0. The Hall–Kier alpha value is -0.780. The number of hydrogen-bond acceptors (Lipinski definition) is 1. The molecule has 1 saturated carbocycles. The van der Waals surface area contributed by atoms with Crippen LogP contribution in [0.4, 0.5) is 5.69 Å². The van der Waals surface area contributed by atoms with Gasteiger partial charge in [-0.05, 0) is 55.9 Å². The van der Waals surface area contributed by atoms with Crippen molar-refractivity contribution in [2.24, 2.45) is 16.6 Å². The van der Waals surface area contributed by atoms with Crippen molar-refractivity contribution < 1.29 is 0 Å². The number of anilines is 1. The van der Waals surface area contributed by atoms with Crippen molar-refractivity contribution in [1.82, 2.24) is 0 Å². The second kappa shape index (κ2) is 6.23. The van der Waals surface area contributed by atoms with Gasteiger partial charge in [-0.15, -0.1) is 24.0 Å². The van der Waals surface area contributed by atoms with E-state index in [0.717, 1.165) is 18.2 Å². The fourth-order valence-electron chi connectivity index (χ4n) is 1.53. The number of halogens is 1. The van der Waals surface area contributed by atoms with Gasteiger partial charge < -0.3 is 11.1 Å². The lowest BCUT2D eigenvalue weighted by atomic mass is 10.1. The molecule has 94 valence electrons. The Morgan fingerprint density at radius 2 is 2.06 bits per heavy atom. The summed E-state index contributed by atoms with van der Waals surface area (Å²) in [6.45, 7) is 5.06. The number of benzene rings is 1. The maximum Gasteiger partial charge on any atom is 0.193 e. The predicted molar refractivity (Wildman–Crippen MR) is 84.2 cm³/mol. The van der Waals surface area contributed by atoms with Crippen molar-refractivity contribution in [3.63, 3.8) is 0 Å². The third-order valence-electron chi connectivity index (χ3n) is 3.00. The molecule has 3 nitrogen and oxygen atoms in total. The summed E-state index contributed by atoms with van der Waals surface area (Å²) in [6.07, 6.45) is 2.61. The first-order chi connectivity index (χ1) is 7.65. The Balaban J connectivity index is 0.00000144. The van der Waals surface area contributed by atoms with Crippen LogP contribution in [0.3, 0.4) is 0 Å². The molecule has 1 aromatic carbocycles. The average Bonchev–Trinajstić information content (AvgIpc) is 3.04. The molecule has 3 N–H and O–H groups in total. The minimum atomic E-state index is 0. The van der Waals surface area contributed by atoms with Gasteiger partial charge in [0.25, 0.3) is 0 Å². The highest BCUT2D eigenvalue weighted by Crippen LogP contribution is 2.28. The van der Waals surface area contributed by atoms with Crippen molar-refractivity contribution in [2.45, 2.75) is 26.7 Å². The molecule has 0 amide bonds. The molecule has 1 aliphatic carbocycles. The third kappa shape index (κ3) is 4.53. The summed E-state index contributed by atoms with van der Waals surface area (Å²) in [5.41, 5.74) is 9.38. The van der Waals surface area contributed by atoms with E-state index in [1.54, 1.807) is 0 Å². The molecule has 2 rings (SSSR count). The SMILES string of the molecule is Cc1ccc(NC(N)=NCC2CC2)cc1C.I. The molecule has 0 radical (unpaired) electrons. The van der Waals surface area contributed by atoms with E-state index >= 15 is 0 Å². The molecule has 0 atom stereocenters. The number of nitrogens with one attached hydrogen (secondary N) is 1. The number of aliphatic imine (C=N–C) groups is 1. The summed E-state index contributed by atoms with van der Waals surface area (Å²) < 4.78 is 0. The van der Waals surface area contributed by atoms with Crippen molar-refractivity contribution >= 4 is 35.6 Å². The zero-order valence-electron chi connectivity index (χ0n) is 10.4. The highest BCUT2D eigenvalue weighted by Gasteiger charge is 2.20. The van der Waals surface area contributed by atoms with Gasteiger partial charge in [-0.1, -0.05) is 6.07 Å². The van der Waals surface area contributed by atoms with Crippen LogP contribution >= 0.6 is 24.0 Å². The van der Waals surface area contributed by atoms with Crippen molar-refractivity contribution in [2.75, 3.05) is 11.9 Å². The Morgan fingerprint density at radius 1 is 1.35 bits per heavy atom. The van der Waals surface area contributed by atoms with Crippen LogP contribution in [0.5, 0.6) is 0 Å². The van der Waals surface area contributed by atoms with Crippen LogP contribution in [0.25, 0.3) is 0 Å². The quantitative estimate of drug-likeness (QED) is 0.503. The fourth-order valence-corrected chi connectivity index (χ4v) is 1.53. The van der Waals surface area contributed by atoms with Crippen molar-refractivity contribution in [1.29, 1.82) is 0 Å². The summed E-state index contributed by atoms with van der Waals surface area (Å²) in [7, 11) is 0. The molecule has 0 saturated heterocycles. The highest BCUT2D eigenvalue weighted by atomic mass is 127. The van der Waals surface area contributed by atoms with Crippen LogP contribution in [0.1, 0.15) is 24.0 Å². The Kier molecular flexibility index (Phi) is 5.24. The van der Waals surface area contributed by atoms with Gasteiger partial charge in [-0.3, -0.25) is 4.99 Å². The number of guanidine groups is 1. The van der Waals surface area contributed by atoms with Crippen LogP contribution in [0.2, 0.25) is 0 Å². The lowest BCUT2D eigenvalue weighted by molar-refractivity contribution is 0.846. The zero-order chi connectivity index (χ0) is 11.5. The molecule has 0 aliphatic heterocycles. The largest absolute Gasteiger partial charge is 0.370 e. The van der Waals surface area contributed by atoms with Crippen LogP contribution in [-0.4, -0.2) is 12.5 Å². The molecular formula is C13H20IN3. The molecule has 0 spiro atoms. The maximum absolute atomic E-state index is 5.81. The standard InChI is InChI=1S/C13H19N3.HI/c1-9-3-6-12(7-10(9)2)16-13(14)15-8-11-4-5-11;/h3,6-7,11H,4-5,8H2,1-2H3,(H3,14,15,16);1H. The summed E-state index contributed by atoms with van der Waals surface area (Å²) in [5.74, 6) is 1.30. The molecule has 0 aromatic heterocycles. The Bertz CT molecular complexity index is 411. The van der Waals surface area contributed by atoms with Gasteiger partial charge in [0.15, 0.2) is 5.96 Å². The summed E-state index contributed by atoms with van der Waals surface area (Å²) in [5, 5.41) is 3.12. The Morgan fingerprint density at radius 3 is 2.65 bits per heavy atom. The van der Waals surface area contributed by atoms with Gasteiger partial charge in [0.05, 0.1) is 0 Å². The minimum Gasteiger partial charge on any atom is -0.370 e. The monoisotopic (exact) mass is 345 g/mol. The van der Waals surface area contributed by atoms with Gasteiger partial charge in [-0.2, -0.15) is 0 Å². The summed E-state index contributed by atoms with van der Waals surface area (Å²) in [4.78, 5) is 4.32. The third-order valence-corrected chi connectivity index (χ3v) is 3.00. The number of hydrogen-bond donors (Lipinski definition) is 2. The van der Waals surface area contributed by atoms with E-state index in [4.69, 9.17) is 5.73 Å². The second-order valence-electron chi connectivity index (χ2n) is 4.59. The van der Waals surface area contributed by atoms with Gasteiger partial charge in [0.1, 0.15) is 0 Å². The molecule has 0 unspecified atom stereocenters. The number of rotatable bonds is 3. The maximum atomic E-state index is 5.81. The summed E-state index contributed by atoms with van der Waals surface area (Å²) in [6, 6.07) is 6.21. The predicted octanol–water partition coefficient (Wildman–Crippen LogP) is 3.06. The van der Waals surface area contributed by atoms with Crippen LogP contribution in [-0.2, 0) is 0 Å². The Labute approximate surface area is 120 Å². The van der Waals surface area contributed by atoms with Gasteiger partial charge >= 0.3 is 0 Å². The van der Waals surface area contributed by atoms with Gasteiger partial charge in [0, 0.05) is 12.2 Å². The first-order valence-electron chi connectivity index (χ1n) is 5.79. The van der Waals surface area contributed by atoms with Crippen LogP contribution in [0.15, 0.2) is 23.2 Å². The van der Waals surface area contributed by atoms with Gasteiger partial charge in [0.2, 0.25) is 0 Å². The lowest BCUT2D eigenvalue weighted by Gasteiger charge is -2.07. The molecule has 0 heterocycles. The number of nitrogens with two attached hydrogens (primary N) is 1. The fraction of sp³-hybridized carbons (Fsp3) is 0.462. The smallest absolute Gasteiger partial charge is 0.193 e. The van der Waals surface area contributed by atoms with E-state index in [1.807, 2.05) is 6.07 Å². The molecule has 1 aromatic rings. The zero-order valence-corrected chi connectivity index (χ0v) is 12.7. The second-order valence-corrected chi connectivity index (χ2v) is 4.59. The van der Waals surface area contributed by atoms with E-state index in [0.29, 0.717) is 5.96 Å². The molecule has 0 bridgehead atoms. The normalized spacial score (nSPS) is 15.3. The first kappa shape index (κ1) is 14.3. The first-order valence-corrected chi connectivity index (χ1v) is 5.79. The molecule has 1 aliphatic rings. The van der Waals surface area contributed by atoms with E-state index in [1.165, 1.54) is 24.0 Å². The topological polar surface area (TPSA) is 50.4 Å². The number of nitrogens with zero attached hydrogens (tertiary/aromatic N) is 1. The van der Waals surface area contributed by atoms with Crippen molar-refractivity contribution in [3.05, 3.63) is 29.3 Å². The van der Waals surface area contributed by atoms with E-state index in [2.05, 4.69) is 36.3 Å². The number of aryl methyl sites for hydroxylation is 2. The molecular weight excluding hydrogens is 325 g/mol. The minimum absolute atomic E-state index is 0. The van der Waals surface area contributed by atoms with E-state index in [-0.39, 0.29) is 24.0 Å². The molecule has 17 heavy (non-hydrogen) atoms. The van der Waals surface area contributed by atoms with E-state index in [9.17, 15) is 0 Å². The lowest BCUT2D eigenvalue weighted by Crippen LogP contribution is -2.23. The molecule has 1 fully saturated rings. The van der Waals surface area contributed by atoms with E-state index < -0.39 is 0 Å². The van der Waals surface area contributed by atoms with Gasteiger partial charge in [-0.25, -0.2) is 0 Å². The summed E-state index contributed by atoms with van der Waals surface area (Å²) >= 11 is 0. The average molecular weight is 345 g/mol.